The van der Waals surface area contributed by atoms with Crippen LogP contribution in [-0.4, -0.2) is 20.6 Å². The highest BCUT2D eigenvalue weighted by Gasteiger charge is 2.18. The molecule has 0 saturated heterocycles. The Bertz CT molecular complexity index is 1120. The second-order valence-corrected chi connectivity index (χ2v) is 8.24. The maximum absolute atomic E-state index is 12.6. The van der Waals surface area contributed by atoms with Gasteiger partial charge in [-0.3, -0.25) is 9.52 Å². The van der Waals surface area contributed by atoms with Crippen molar-refractivity contribution in [2.45, 2.75) is 13.8 Å². The number of amides is 1. The van der Waals surface area contributed by atoms with E-state index in [0.29, 0.717) is 27.5 Å². The van der Waals surface area contributed by atoms with Gasteiger partial charge in [0.1, 0.15) is 5.58 Å². The lowest BCUT2D eigenvalue weighted by Crippen LogP contribution is -2.14. The molecule has 1 amide bonds. The van der Waals surface area contributed by atoms with E-state index in [1.54, 1.807) is 50.2 Å². The van der Waals surface area contributed by atoms with Crippen LogP contribution in [0.3, 0.4) is 0 Å². The van der Waals surface area contributed by atoms with Gasteiger partial charge in [-0.25, -0.2) is 8.42 Å². The van der Waals surface area contributed by atoms with Crippen molar-refractivity contribution < 1.29 is 17.6 Å². The van der Waals surface area contributed by atoms with Crippen LogP contribution in [0.1, 0.15) is 21.7 Å². The molecule has 3 rings (SSSR count). The lowest BCUT2D eigenvalue weighted by atomic mass is 10.1. The summed E-state index contributed by atoms with van der Waals surface area (Å²) < 4.78 is 31.0. The Labute approximate surface area is 156 Å². The van der Waals surface area contributed by atoms with E-state index in [2.05, 4.69) is 10.0 Å². The van der Waals surface area contributed by atoms with Gasteiger partial charge in [-0.2, -0.15) is 0 Å². The van der Waals surface area contributed by atoms with Crippen LogP contribution in [0.2, 0.25) is 5.02 Å². The molecule has 0 saturated carbocycles. The van der Waals surface area contributed by atoms with Gasteiger partial charge >= 0.3 is 0 Å². The predicted molar refractivity (Wildman–Crippen MR) is 104 cm³/mol. The summed E-state index contributed by atoms with van der Waals surface area (Å²) in [6.07, 6.45) is 1.07. The van der Waals surface area contributed by atoms with Gasteiger partial charge in [0.05, 0.1) is 11.9 Å². The number of carbonyl (C=O) groups is 1. The van der Waals surface area contributed by atoms with E-state index in [4.69, 9.17) is 16.0 Å². The van der Waals surface area contributed by atoms with Crippen molar-refractivity contribution in [3.05, 3.63) is 58.3 Å². The van der Waals surface area contributed by atoms with Crippen LogP contribution in [0.5, 0.6) is 0 Å². The number of fused-ring (bicyclic) bond motifs is 1. The zero-order valence-corrected chi connectivity index (χ0v) is 16.0. The Morgan fingerprint density at radius 1 is 1.12 bits per heavy atom. The van der Waals surface area contributed by atoms with E-state index in [1.807, 2.05) is 0 Å². The number of benzene rings is 2. The van der Waals surface area contributed by atoms with Gasteiger partial charge < -0.3 is 9.73 Å². The summed E-state index contributed by atoms with van der Waals surface area (Å²) in [5, 5.41) is 4.06. The van der Waals surface area contributed by atoms with Crippen LogP contribution in [-0.2, 0) is 10.0 Å². The fraction of sp³-hybridized carbons (Fsp3) is 0.167. The zero-order chi connectivity index (χ0) is 19.1. The number of hydrogen-bond acceptors (Lipinski definition) is 4. The number of rotatable bonds is 4. The monoisotopic (exact) mass is 392 g/mol. The van der Waals surface area contributed by atoms with Crippen LogP contribution in [0.15, 0.2) is 40.8 Å². The molecule has 26 heavy (non-hydrogen) atoms. The number of aryl methyl sites for hydroxylation is 2. The molecule has 136 valence electrons. The second-order valence-electron chi connectivity index (χ2n) is 6.05. The third kappa shape index (κ3) is 3.84. The van der Waals surface area contributed by atoms with Gasteiger partial charge in [-0.15, -0.1) is 0 Å². The molecule has 0 spiro atoms. The third-order valence-electron chi connectivity index (χ3n) is 3.90. The molecule has 0 unspecified atom stereocenters. The molecule has 2 aromatic carbocycles. The van der Waals surface area contributed by atoms with E-state index >= 15 is 0 Å². The molecule has 1 aromatic heterocycles. The maximum atomic E-state index is 12.6. The number of halogens is 1. The molecule has 8 heteroatoms. The van der Waals surface area contributed by atoms with Crippen molar-refractivity contribution in [3.8, 4) is 0 Å². The smallest absolute Gasteiger partial charge is 0.291 e. The first-order valence-corrected chi connectivity index (χ1v) is 9.99. The second kappa shape index (κ2) is 6.66. The fourth-order valence-corrected chi connectivity index (χ4v) is 3.40. The number of furan rings is 1. The summed E-state index contributed by atoms with van der Waals surface area (Å²) in [6.45, 7) is 3.55. The lowest BCUT2D eigenvalue weighted by molar-refractivity contribution is 0.0998. The number of anilines is 2. The van der Waals surface area contributed by atoms with Crippen molar-refractivity contribution in [1.29, 1.82) is 0 Å². The minimum atomic E-state index is -3.42. The molecule has 0 fully saturated rings. The molecule has 0 aliphatic carbocycles. The summed E-state index contributed by atoms with van der Waals surface area (Å²) in [6, 6.07) is 10.1. The Hall–Kier alpha value is -2.51. The molecule has 0 aliphatic heterocycles. The Morgan fingerprint density at radius 3 is 2.54 bits per heavy atom. The van der Waals surface area contributed by atoms with E-state index in [1.165, 1.54) is 0 Å². The maximum Gasteiger partial charge on any atom is 0.291 e. The number of sulfonamides is 1. The van der Waals surface area contributed by atoms with E-state index in [9.17, 15) is 13.2 Å². The average Bonchev–Trinajstić information content (AvgIpc) is 2.86. The highest BCUT2D eigenvalue weighted by atomic mass is 35.5. The minimum Gasteiger partial charge on any atom is -0.451 e. The van der Waals surface area contributed by atoms with Gasteiger partial charge in [-0.1, -0.05) is 17.7 Å². The van der Waals surface area contributed by atoms with Crippen LogP contribution in [0, 0.1) is 13.8 Å². The molecule has 0 aliphatic rings. The van der Waals surface area contributed by atoms with Crippen LogP contribution in [0.4, 0.5) is 11.4 Å². The Morgan fingerprint density at radius 2 is 1.85 bits per heavy atom. The zero-order valence-electron chi connectivity index (χ0n) is 14.4. The summed E-state index contributed by atoms with van der Waals surface area (Å²) in [5.74, 6) is -0.246. The lowest BCUT2D eigenvalue weighted by Gasteiger charge is -2.10. The third-order valence-corrected chi connectivity index (χ3v) is 4.72. The quantitative estimate of drug-likeness (QED) is 0.691. The summed E-state index contributed by atoms with van der Waals surface area (Å²) in [7, 11) is -3.42. The van der Waals surface area contributed by atoms with Gasteiger partial charge in [0.25, 0.3) is 5.91 Å². The Balaban J connectivity index is 1.91. The highest BCUT2D eigenvalue weighted by Crippen LogP contribution is 2.29. The molecule has 2 N–H and O–H groups in total. The van der Waals surface area contributed by atoms with Crippen molar-refractivity contribution in [2.75, 3.05) is 16.3 Å². The fourth-order valence-electron chi connectivity index (χ4n) is 2.61. The molecule has 0 atom stereocenters. The van der Waals surface area contributed by atoms with Crippen molar-refractivity contribution >= 4 is 49.9 Å². The highest BCUT2D eigenvalue weighted by molar-refractivity contribution is 7.92. The molecule has 6 nitrogen and oxygen atoms in total. The van der Waals surface area contributed by atoms with E-state index in [-0.39, 0.29) is 5.76 Å². The van der Waals surface area contributed by atoms with E-state index in [0.717, 1.165) is 17.2 Å². The Kier molecular flexibility index (Phi) is 4.68. The first-order valence-electron chi connectivity index (χ1n) is 7.72. The van der Waals surface area contributed by atoms with Gasteiger partial charge in [0.2, 0.25) is 10.0 Å². The van der Waals surface area contributed by atoms with E-state index < -0.39 is 15.9 Å². The number of carbonyl (C=O) groups excluding carboxylic acids is 1. The molecule has 0 radical (unpaired) electrons. The predicted octanol–water partition coefficient (Wildman–Crippen LogP) is 4.33. The summed E-state index contributed by atoms with van der Waals surface area (Å²) in [4.78, 5) is 12.6. The van der Waals surface area contributed by atoms with Crippen LogP contribution < -0.4 is 10.0 Å². The SMILES string of the molecule is Cc1ccc(NC(=O)c2oc3ccc(Cl)cc3c2C)cc1NS(C)(=O)=O. The average molecular weight is 393 g/mol. The molecular weight excluding hydrogens is 376 g/mol. The first-order chi connectivity index (χ1) is 12.1. The first kappa shape index (κ1) is 18.3. The largest absolute Gasteiger partial charge is 0.451 e. The van der Waals surface area contributed by atoms with Gasteiger partial charge in [0.15, 0.2) is 5.76 Å². The standard InChI is InChI=1S/C18H17ClN2O4S/c1-10-4-6-13(9-15(10)21-26(3,23)24)20-18(22)17-11(2)14-8-12(19)5-7-16(14)25-17/h4-9,21H,1-3H3,(H,20,22). The number of hydrogen-bond donors (Lipinski definition) is 2. The van der Waals surface area contributed by atoms with Crippen molar-refractivity contribution in [1.82, 2.24) is 0 Å². The van der Waals surface area contributed by atoms with Gasteiger partial charge in [-0.05, 0) is 49.7 Å². The molecule has 3 aromatic rings. The minimum absolute atomic E-state index is 0.181. The normalized spacial score (nSPS) is 11.5. The van der Waals surface area contributed by atoms with Crippen molar-refractivity contribution in [2.24, 2.45) is 0 Å². The molecule has 1 heterocycles. The molecule has 0 bridgehead atoms. The van der Waals surface area contributed by atoms with Crippen LogP contribution in [0.25, 0.3) is 11.0 Å². The summed E-state index contributed by atoms with van der Waals surface area (Å²) in [5.41, 5.74) is 2.84. The van der Waals surface area contributed by atoms with Gasteiger partial charge in [0, 0.05) is 21.7 Å². The summed E-state index contributed by atoms with van der Waals surface area (Å²) >= 11 is 6.00. The number of nitrogens with one attached hydrogen (secondary N) is 2. The molecular formula is C18H17ClN2O4S. The topological polar surface area (TPSA) is 88.4 Å². The van der Waals surface area contributed by atoms with Crippen LogP contribution >= 0.6 is 11.6 Å². The van der Waals surface area contributed by atoms with Crippen molar-refractivity contribution in [3.63, 3.8) is 0 Å².